The van der Waals surface area contributed by atoms with Crippen LogP contribution in [0, 0.1) is 6.92 Å². The minimum atomic E-state index is 0.486. The van der Waals surface area contributed by atoms with Gasteiger partial charge in [0.2, 0.25) is 0 Å². The van der Waals surface area contributed by atoms with E-state index in [0.29, 0.717) is 10.7 Å². The van der Waals surface area contributed by atoms with Crippen molar-refractivity contribution in [3.63, 3.8) is 0 Å². The number of nitrogens with zero attached hydrogens (tertiary/aromatic N) is 5. The molecule has 0 amide bonds. The van der Waals surface area contributed by atoms with E-state index in [9.17, 15) is 0 Å². The molecule has 16 heavy (non-hydrogen) atoms. The minimum Gasteiger partial charge on any atom is -0.239 e. The van der Waals surface area contributed by atoms with Crippen LogP contribution >= 0.6 is 11.6 Å². The van der Waals surface area contributed by atoms with Gasteiger partial charge in [0.15, 0.2) is 0 Å². The molecule has 0 aliphatic rings. The molecule has 2 rings (SSSR count). The summed E-state index contributed by atoms with van der Waals surface area (Å²) in [5, 5.41) is 8.12. The number of hydrogen-bond acceptors (Lipinski definition) is 2. The summed E-state index contributed by atoms with van der Waals surface area (Å²) < 4.78 is 1.68. The van der Waals surface area contributed by atoms with Crippen LogP contribution in [0.4, 0.5) is 5.69 Å². The zero-order chi connectivity index (χ0) is 11.5. The molecule has 0 N–H and O–H groups in total. The fraction of sp³-hybridized carbons (Fsp3) is 0.100. The Bertz CT molecular complexity index is 568. The van der Waals surface area contributed by atoms with E-state index in [1.807, 2.05) is 13.1 Å². The third-order valence-electron chi connectivity index (χ3n) is 2.05. The quantitative estimate of drug-likeness (QED) is 0.442. The smallest absolute Gasteiger partial charge is 0.0832 e. The van der Waals surface area contributed by atoms with E-state index in [1.54, 1.807) is 29.1 Å². The fourth-order valence-corrected chi connectivity index (χ4v) is 1.60. The Labute approximate surface area is 96.9 Å². The highest BCUT2D eigenvalue weighted by atomic mass is 35.5. The molecule has 0 bridgehead atoms. The van der Waals surface area contributed by atoms with Gasteiger partial charge >= 0.3 is 0 Å². The molecule has 0 aliphatic carbocycles. The average Bonchev–Trinajstić information content (AvgIpc) is 2.65. The second-order valence-corrected chi connectivity index (χ2v) is 3.69. The number of rotatable bonds is 2. The maximum absolute atomic E-state index is 8.30. The lowest BCUT2D eigenvalue weighted by molar-refractivity contribution is 0.880. The molecule has 0 spiro atoms. The predicted octanol–water partition coefficient (Wildman–Crippen LogP) is 3.78. The Morgan fingerprint density at radius 3 is 2.88 bits per heavy atom. The van der Waals surface area contributed by atoms with Crippen molar-refractivity contribution in [2.75, 3.05) is 0 Å². The normalized spacial score (nSPS) is 9.88. The lowest BCUT2D eigenvalue weighted by atomic mass is 10.3. The molecule has 0 saturated heterocycles. The summed E-state index contributed by atoms with van der Waals surface area (Å²) >= 11 is 6.06. The van der Waals surface area contributed by atoms with E-state index in [1.165, 1.54) is 0 Å². The van der Waals surface area contributed by atoms with Crippen LogP contribution in [0.15, 0.2) is 35.7 Å². The van der Waals surface area contributed by atoms with Gasteiger partial charge in [-0.15, -0.1) is 0 Å². The van der Waals surface area contributed by atoms with Crippen molar-refractivity contribution < 1.29 is 0 Å². The van der Waals surface area contributed by atoms with Crippen LogP contribution in [-0.2, 0) is 0 Å². The van der Waals surface area contributed by atoms with Gasteiger partial charge in [-0.25, -0.2) is 4.68 Å². The number of hydrogen-bond donors (Lipinski definition) is 0. The second-order valence-electron chi connectivity index (χ2n) is 3.29. The van der Waals surface area contributed by atoms with Crippen molar-refractivity contribution in [3.8, 4) is 5.69 Å². The topological polar surface area (TPSA) is 66.6 Å². The van der Waals surface area contributed by atoms with E-state index < -0.39 is 0 Å². The van der Waals surface area contributed by atoms with Crippen molar-refractivity contribution in [3.05, 3.63) is 51.6 Å². The van der Waals surface area contributed by atoms with E-state index in [-0.39, 0.29) is 0 Å². The first-order valence-corrected chi connectivity index (χ1v) is 4.95. The molecule has 6 heteroatoms. The number of aromatic nitrogens is 2. The van der Waals surface area contributed by atoms with Crippen molar-refractivity contribution in [2.45, 2.75) is 6.92 Å². The maximum Gasteiger partial charge on any atom is 0.0832 e. The Hall–Kier alpha value is -1.97. The maximum atomic E-state index is 8.30. The van der Waals surface area contributed by atoms with Gasteiger partial charge in [0.05, 0.1) is 16.9 Å². The second kappa shape index (κ2) is 4.26. The highest BCUT2D eigenvalue weighted by molar-refractivity contribution is 6.32. The Morgan fingerprint density at radius 2 is 2.31 bits per heavy atom. The van der Waals surface area contributed by atoms with Crippen LogP contribution in [-0.4, -0.2) is 9.78 Å². The van der Waals surface area contributed by atoms with Gasteiger partial charge in [0.1, 0.15) is 0 Å². The van der Waals surface area contributed by atoms with Gasteiger partial charge in [-0.05, 0) is 30.2 Å². The van der Waals surface area contributed by atoms with Gasteiger partial charge < -0.3 is 0 Å². The minimum absolute atomic E-state index is 0.486. The molecule has 0 aliphatic heterocycles. The Balaban J connectivity index is 2.47. The standard InChI is InChI=1S/C10H8ClN5/c1-7-5-13-16(6-7)10-3-2-8(14-15-12)4-9(10)11/h2-6H,1H3. The summed E-state index contributed by atoms with van der Waals surface area (Å²) in [5.41, 5.74) is 10.6. The van der Waals surface area contributed by atoms with Gasteiger partial charge in [-0.3, -0.25) is 0 Å². The van der Waals surface area contributed by atoms with Crippen LogP contribution in [0.25, 0.3) is 16.1 Å². The molecular weight excluding hydrogens is 226 g/mol. The molecule has 0 radical (unpaired) electrons. The Morgan fingerprint density at radius 1 is 1.50 bits per heavy atom. The van der Waals surface area contributed by atoms with Gasteiger partial charge in [0.25, 0.3) is 0 Å². The van der Waals surface area contributed by atoms with Crippen molar-refractivity contribution in [1.82, 2.24) is 9.78 Å². The zero-order valence-electron chi connectivity index (χ0n) is 8.50. The zero-order valence-corrected chi connectivity index (χ0v) is 9.26. The van der Waals surface area contributed by atoms with Gasteiger partial charge in [-0.2, -0.15) is 5.10 Å². The van der Waals surface area contributed by atoms with Crippen molar-refractivity contribution in [2.24, 2.45) is 5.11 Å². The van der Waals surface area contributed by atoms with Gasteiger partial charge in [-0.1, -0.05) is 22.8 Å². The van der Waals surface area contributed by atoms with Crippen LogP contribution in [0.2, 0.25) is 5.02 Å². The SMILES string of the molecule is Cc1cnn(-c2ccc(N=[N+]=[N-])cc2Cl)c1. The summed E-state index contributed by atoms with van der Waals surface area (Å²) in [4.78, 5) is 2.70. The number of azide groups is 1. The molecule has 80 valence electrons. The number of halogens is 1. The van der Waals surface area contributed by atoms with Crippen LogP contribution in [0.1, 0.15) is 5.56 Å². The molecule has 0 atom stereocenters. The van der Waals surface area contributed by atoms with E-state index in [0.717, 1.165) is 11.3 Å². The highest BCUT2D eigenvalue weighted by Crippen LogP contribution is 2.25. The van der Waals surface area contributed by atoms with E-state index >= 15 is 0 Å². The lowest BCUT2D eigenvalue weighted by Gasteiger charge is -2.04. The van der Waals surface area contributed by atoms with Crippen molar-refractivity contribution in [1.29, 1.82) is 0 Å². The fourth-order valence-electron chi connectivity index (χ4n) is 1.34. The predicted molar refractivity (Wildman–Crippen MR) is 62.1 cm³/mol. The first-order chi connectivity index (χ1) is 7.70. The van der Waals surface area contributed by atoms with Crippen LogP contribution in [0.3, 0.4) is 0 Å². The van der Waals surface area contributed by atoms with E-state index in [2.05, 4.69) is 15.1 Å². The van der Waals surface area contributed by atoms with Crippen LogP contribution < -0.4 is 0 Å². The third-order valence-corrected chi connectivity index (χ3v) is 2.35. The lowest BCUT2D eigenvalue weighted by Crippen LogP contribution is -1.94. The summed E-state index contributed by atoms with van der Waals surface area (Å²) in [6.07, 6.45) is 3.62. The molecule has 1 heterocycles. The molecule has 2 aromatic rings. The summed E-state index contributed by atoms with van der Waals surface area (Å²) in [7, 11) is 0. The largest absolute Gasteiger partial charge is 0.239 e. The molecule has 1 aromatic carbocycles. The number of aryl methyl sites for hydroxylation is 1. The third kappa shape index (κ3) is 2.00. The molecular formula is C10H8ClN5. The van der Waals surface area contributed by atoms with Gasteiger partial charge in [0, 0.05) is 16.8 Å². The molecule has 0 unspecified atom stereocenters. The monoisotopic (exact) mass is 233 g/mol. The first kappa shape index (κ1) is 10.5. The van der Waals surface area contributed by atoms with Crippen LogP contribution in [0.5, 0.6) is 0 Å². The first-order valence-electron chi connectivity index (χ1n) is 4.57. The Kier molecular flexibility index (Phi) is 2.81. The summed E-state index contributed by atoms with van der Waals surface area (Å²) in [6, 6.07) is 5.06. The molecule has 0 saturated carbocycles. The number of benzene rings is 1. The molecule has 0 fully saturated rings. The highest BCUT2D eigenvalue weighted by Gasteiger charge is 2.04. The summed E-state index contributed by atoms with van der Waals surface area (Å²) in [6.45, 7) is 1.95. The van der Waals surface area contributed by atoms with E-state index in [4.69, 9.17) is 17.1 Å². The average molecular weight is 234 g/mol. The molecule has 1 aromatic heterocycles. The summed E-state index contributed by atoms with van der Waals surface area (Å²) in [5.74, 6) is 0. The molecule has 5 nitrogen and oxygen atoms in total. The van der Waals surface area contributed by atoms with Crippen molar-refractivity contribution >= 4 is 17.3 Å².